The van der Waals surface area contributed by atoms with Crippen LogP contribution in [0.1, 0.15) is 35.6 Å². The summed E-state index contributed by atoms with van der Waals surface area (Å²) in [5.41, 5.74) is 3.79. The van der Waals surface area contributed by atoms with Crippen molar-refractivity contribution in [2.24, 2.45) is 0 Å². The predicted molar refractivity (Wildman–Crippen MR) is 152 cm³/mol. The van der Waals surface area contributed by atoms with Crippen molar-refractivity contribution in [2.75, 3.05) is 17.9 Å². The minimum absolute atomic E-state index is 0.0819. The molecule has 0 heterocycles. The first kappa shape index (κ1) is 29.2. The van der Waals surface area contributed by atoms with Gasteiger partial charge in [0.25, 0.3) is 10.0 Å². The third-order valence-electron chi connectivity index (χ3n) is 6.41. The molecule has 0 unspecified atom stereocenters. The Bertz CT molecular complexity index is 1390. The third kappa shape index (κ3) is 6.74. The van der Waals surface area contributed by atoms with E-state index < -0.39 is 28.5 Å². The van der Waals surface area contributed by atoms with Crippen molar-refractivity contribution in [3.05, 3.63) is 94.0 Å². The molecule has 38 heavy (non-hydrogen) atoms. The van der Waals surface area contributed by atoms with Gasteiger partial charge < -0.3 is 10.2 Å². The second-order valence-corrected chi connectivity index (χ2v) is 11.6. The number of hydrogen-bond acceptors (Lipinski definition) is 4. The first-order chi connectivity index (χ1) is 18.0. The molecular formula is C29H34ClN3O4S. The average molecular weight is 556 g/mol. The molecule has 0 aliphatic heterocycles. The van der Waals surface area contributed by atoms with Crippen molar-refractivity contribution in [3.8, 4) is 0 Å². The highest BCUT2D eigenvalue weighted by Crippen LogP contribution is 2.28. The van der Waals surface area contributed by atoms with Gasteiger partial charge in [0.05, 0.1) is 10.6 Å². The van der Waals surface area contributed by atoms with Crippen LogP contribution in [0.2, 0.25) is 5.02 Å². The third-order valence-corrected chi connectivity index (χ3v) is 8.43. The van der Waals surface area contributed by atoms with E-state index >= 15 is 0 Å². The summed E-state index contributed by atoms with van der Waals surface area (Å²) < 4.78 is 29.0. The molecule has 9 heteroatoms. The molecular weight excluding hydrogens is 522 g/mol. The van der Waals surface area contributed by atoms with E-state index in [4.69, 9.17) is 11.6 Å². The molecule has 1 atom stereocenters. The van der Waals surface area contributed by atoms with Crippen molar-refractivity contribution in [1.29, 1.82) is 0 Å². The number of benzene rings is 3. The van der Waals surface area contributed by atoms with Gasteiger partial charge in [0.2, 0.25) is 11.8 Å². The van der Waals surface area contributed by atoms with E-state index in [1.54, 1.807) is 42.5 Å². The Labute approximate surface area is 230 Å². The summed E-state index contributed by atoms with van der Waals surface area (Å²) in [6, 6.07) is 18.1. The van der Waals surface area contributed by atoms with Gasteiger partial charge in [-0.1, -0.05) is 66.0 Å². The highest BCUT2D eigenvalue weighted by atomic mass is 35.5. The molecule has 202 valence electrons. The number of hydrogen-bond donors (Lipinski definition) is 1. The van der Waals surface area contributed by atoms with Crippen LogP contribution in [0, 0.1) is 20.8 Å². The van der Waals surface area contributed by atoms with Gasteiger partial charge in [0, 0.05) is 18.6 Å². The van der Waals surface area contributed by atoms with Gasteiger partial charge in [0.15, 0.2) is 0 Å². The SMILES string of the molecule is CC[C@@H](C(=O)NC)N(Cc1ccc(Cl)cc1)C(=O)CN(c1ccc(C)cc1C)S(=O)(=O)c1ccc(C)cc1. The van der Waals surface area contributed by atoms with Gasteiger partial charge in [-0.25, -0.2) is 8.42 Å². The van der Waals surface area contributed by atoms with E-state index in [0.29, 0.717) is 17.1 Å². The summed E-state index contributed by atoms with van der Waals surface area (Å²) in [5.74, 6) is -0.819. The number of carbonyl (C=O) groups excluding carboxylic acids is 2. The molecule has 3 rings (SSSR count). The van der Waals surface area contributed by atoms with E-state index in [0.717, 1.165) is 26.6 Å². The lowest BCUT2D eigenvalue weighted by molar-refractivity contribution is -0.140. The normalized spacial score (nSPS) is 12.1. The molecule has 0 aliphatic carbocycles. The van der Waals surface area contributed by atoms with Crippen LogP contribution in [-0.2, 0) is 26.2 Å². The molecule has 0 saturated heterocycles. The Kier molecular flexibility index (Phi) is 9.57. The van der Waals surface area contributed by atoms with E-state index in [1.807, 2.05) is 39.8 Å². The smallest absolute Gasteiger partial charge is 0.264 e. The molecule has 0 spiro atoms. The van der Waals surface area contributed by atoms with Crippen LogP contribution in [-0.4, -0.2) is 44.8 Å². The zero-order valence-electron chi connectivity index (χ0n) is 22.4. The summed E-state index contributed by atoms with van der Waals surface area (Å²) in [4.78, 5) is 28.2. The number of sulfonamides is 1. The van der Waals surface area contributed by atoms with Crippen molar-refractivity contribution in [2.45, 2.75) is 51.6 Å². The Balaban J connectivity index is 2.09. The zero-order chi connectivity index (χ0) is 28.0. The minimum atomic E-state index is -4.10. The lowest BCUT2D eigenvalue weighted by Gasteiger charge is -2.33. The Morgan fingerprint density at radius 2 is 1.53 bits per heavy atom. The van der Waals surface area contributed by atoms with E-state index in [9.17, 15) is 18.0 Å². The second-order valence-electron chi connectivity index (χ2n) is 9.30. The first-order valence-corrected chi connectivity index (χ1v) is 14.2. The number of rotatable bonds is 10. The lowest BCUT2D eigenvalue weighted by atomic mass is 10.1. The molecule has 0 fully saturated rings. The average Bonchev–Trinajstić information content (AvgIpc) is 2.88. The fourth-order valence-corrected chi connectivity index (χ4v) is 5.91. The molecule has 0 bridgehead atoms. The van der Waals surface area contributed by atoms with Crippen LogP contribution < -0.4 is 9.62 Å². The molecule has 0 saturated carbocycles. The Morgan fingerprint density at radius 3 is 2.08 bits per heavy atom. The molecule has 0 aliphatic rings. The van der Waals surface area contributed by atoms with E-state index in [-0.39, 0.29) is 17.3 Å². The predicted octanol–water partition coefficient (Wildman–Crippen LogP) is 5.01. The van der Waals surface area contributed by atoms with Crippen LogP contribution in [0.4, 0.5) is 5.69 Å². The minimum Gasteiger partial charge on any atom is -0.357 e. The van der Waals surface area contributed by atoms with Gasteiger partial charge >= 0.3 is 0 Å². The molecule has 0 radical (unpaired) electrons. The molecule has 1 N–H and O–H groups in total. The first-order valence-electron chi connectivity index (χ1n) is 12.4. The summed E-state index contributed by atoms with van der Waals surface area (Å²) in [6.45, 7) is 7.07. The second kappa shape index (κ2) is 12.5. The molecule has 3 aromatic carbocycles. The number of halogens is 1. The van der Waals surface area contributed by atoms with Crippen molar-refractivity contribution >= 4 is 39.1 Å². The molecule has 7 nitrogen and oxygen atoms in total. The van der Waals surface area contributed by atoms with Crippen LogP contribution in [0.5, 0.6) is 0 Å². The maximum Gasteiger partial charge on any atom is 0.264 e. The standard InChI is InChI=1S/C29H34ClN3O4S/c1-6-26(29(35)31-5)32(18-23-10-12-24(30)13-11-23)28(34)19-33(27-16-9-21(3)17-22(27)4)38(36,37)25-14-7-20(2)8-15-25/h7-17,26H,6,18-19H2,1-5H3,(H,31,35)/t26-/m0/s1. The summed E-state index contributed by atoms with van der Waals surface area (Å²) in [5, 5.41) is 3.17. The number of nitrogens with zero attached hydrogens (tertiary/aromatic N) is 2. The highest BCUT2D eigenvalue weighted by molar-refractivity contribution is 7.92. The highest BCUT2D eigenvalue weighted by Gasteiger charge is 2.33. The van der Waals surface area contributed by atoms with Crippen molar-refractivity contribution < 1.29 is 18.0 Å². The summed E-state index contributed by atoms with van der Waals surface area (Å²) in [6.07, 6.45) is 0.354. The number of nitrogens with one attached hydrogen (secondary N) is 1. The van der Waals surface area contributed by atoms with Gasteiger partial charge in [-0.05, 0) is 68.7 Å². The molecule has 2 amide bonds. The fourth-order valence-electron chi connectivity index (χ4n) is 4.31. The maximum atomic E-state index is 13.9. The van der Waals surface area contributed by atoms with Gasteiger partial charge in [-0.15, -0.1) is 0 Å². The Morgan fingerprint density at radius 1 is 0.921 bits per heavy atom. The van der Waals surface area contributed by atoms with E-state index in [2.05, 4.69) is 5.32 Å². The molecule has 0 aromatic heterocycles. The largest absolute Gasteiger partial charge is 0.357 e. The van der Waals surface area contributed by atoms with Crippen LogP contribution in [0.15, 0.2) is 71.6 Å². The quantitative estimate of drug-likeness (QED) is 0.381. The van der Waals surface area contributed by atoms with Crippen LogP contribution >= 0.6 is 11.6 Å². The zero-order valence-corrected chi connectivity index (χ0v) is 23.9. The number of carbonyl (C=O) groups is 2. The monoisotopic (exact) mass is 555 g/mol. The number of aryl methyl sites for hydroxylation is 3. The molecule has 3 aromatic rings. The maximum absolute atomic E-state index is 13.9. The lowest BCUT2D eigenvalue weighted by Crippen LogP contribution is -2.51. The van der Waals surface area contributed by atoms with Crippen LogP contribution in [0.3, 0.4) is 0 Å². The Hall–Kier alpha value is -3.36. The number of anilines is 1. The number of amides is 2. The fraction of sp³-hybridized carbons (Fsp3) is 0.310. The van der Waals surface area contributed by atoms with Gasteiger partial charge in [-0.3, -0.25) is 13.9 Å². The topological polar surface area (TPSA) is 86.8 Å². The number of likely N-dealkylation sites (N-methyl/N-ethyl adjacent to an activating group) is 1. The van der Waals surface area contributed by atoms with Gasteiger partial charge in [0.1, 0.15) is 12.6 Å². The van der Waals surface area contributed by atoms with Crippen molar-refractivity contribution in [3.63, 3.8) is 0 Å². The summed E-state index contributed by atoms with van der Waals surface area (Å²) >= 11 is 6.04. The van der Waals surface area contributed by atoms with Crippen molar-refractivity contribution in [1.82, 2.24) is 10.2 Å². The summed E-state index contributed by atoms with van der Waals surface area (Å²) in [7, 11) is -2.59. The van der Waals surface area contributed by atoms with Crippen LogP contribution in [0.25, 0.3) is 0 Å². The van der Waals surface area contributed by atoms with Gasteiger partial charge in [-0.2, -0.15) is 0 Å². The van der Waals surface area contributed by atoms with E-state index in [1.165, 1.54) is 24.1 Å².